The Morgan fingerprint density at radius 3 is 2.33 bits per heavy atom. The quantitative estimate of drug-likeness (QED) is 0.866. The van der Waals surface area contributed by atoms with Crippen LogP contribution in [0.5, 0.6) is 0 Å². The monoisotopic (exact) mass is 366 g/mol. The molecule has 6 nitrogen and oxygen atoms in total. The standard InChI is InChI=1S/C21H22N2O4/c1-14-10-16(12-17(11-14)21(26)27)19(24)22-18-7-5-6-15(13-18)20(25)23-8-3-2-4-9-23/h5-7,10-13H,2-4,8-9H2,1H3,(H,22,24)(H,26,27). The number of amides is 2. The number of piperidine rings is 1. The summed E-state index contributed by atoms with van der Waals surface area (Å²) in [6.45, 7) is 3.26. The van der Waals surface area contributed by atoms with Gasteiger partial charge >= 0.3 is 5.97 Å². The molecule has 1 saturated heterocycles. The summed E-state index contributed by atoms with van der Waals surface area (Å²) in [6, 6.07) is 11.3. The molecular weight excluding hydrogens is 344 g/mol. The highest BCUT2D eigenvalue weighted by Crippen LogP contribution is 2.18. The molecular formula is C21H22N2O4. The van der Waals surface area contributed by atoms with Crippen molar-refractivity contribution in [3.63, 3.8) is 0 Å². The lowest BCUT2D eigenvalue weighted by Crippen LogP contribution is -2.35. The number of rotatable bonds is 4. The lowest BCUT2D eigenvalue weighted by Gasteiger charge is -2.26. The highest BCUT2D eigenvalue weighted by Gasteiger charge is 2.19. The first-order chi connectivity index (χ1) is 12.9. The lowest BCUT2D eigenvalue weighted by molar-refractivity contribution is 0.0694. The van der Waals surface area contributed by atoms with Crippen LogP contribution in [-0.4, -0.2) is 40.9 Å². The topological polar surface area (TPSA) is 86.7 Å². The number of carbonyl (C=O) groups is 3. The molecule has 0 unspecified atom stereocenters. The van der Waals surface area contributed by atoms with Crippen molar-refractivity contribution in [3.8, 4) is 0 Å². The number of benzene rings is 2. The maximum Gasteiger partial charge on any atom is 0.335 e. The van der Waals surface area contributed by atoms with Crippen molar-refractivity contribution < 1.29 is 19.5 Å². The number of nitrogens with zero attached hydrogens (tertiary/aromatic N) is 1. The first-order valence-corrected chi connectivity index (χ1v) is 9.00. The Morgan fingerprint density at radius 2 is 1.63 bits per heavy atom. The molecule has 0 bridgehead atoms. The molecule has 6 heteroatoms. The van der Waals surface area contributed by atoms with Gasteiger partial charge in [-0.25, -0.2) is 4.79 Å². The molecule has 27 heavy (non-hydrogen) atoms. The van der Waals surface area contributed by atoms with E-state index in [1.807, 2.05) is 4.90 Å². The van der Waals surface area contributed by atoms with Crippen LogP contribution in [-0.2, 0) is 0 Å². The largest absolute Gasteiger partial charge is 0.478 e. The SMILES string of the molecule is Cc1cc(C(=O)O)cc(C(=O)Nc2cccc(C(=O)N3CCCCC3)c2)c1. The van der Waals surface area contributed by atoms with E-state index in [-0.39, 0.29) is 17.0 Å². The van der Waals surface area contributed by atoms with Gasteiger partial charge in [0.15, 0.2) is 0 Å². The molecule has 140 valence electrons. The van der Waals surface area contributed by atoms with Gasteiger partial charge in [-0.3, -0.25) is 9.59 Å². The first kappa shape index (κ1) is 18.6. The molecule has 0 aliphatic carbocycles. The minimum absolute atomic E-state index is 0.0329. The summed E-state index contributed by atoms with van der Waals surface area (Å²) in [4.78, 5) is 38.2. The first-order valence-electron chi connectivity index (χ1n) is 9.00. The van der Waals surface area contributed by atoms with Crippen molar-refractivity contribution in [3.05, 3.63) is 64.7 Å². The number of anilines is 1. The van der Waals surface area contributed by atoms with Gasteiger partial charge in [0.05, 0.1) is 5.56 Å². The summed E-state index contributed by atoms with van der Waals surface area (Å²) in [7, 11) is 0. The summed E-state index contributed by atoms with van der Waals surface area (Å²) in [5.41, 5.74) is 2.05. The van der Waals surface area contributed by atoms with Crippen molar-refractivity contribution in [1.82, 2.24) is 4.90 Å². The van der Waals surface area contributed by atoms with Gasteiger partial charge in [0, 0.05) is 29.9 Å². The van der Waals surface area contributed by atoms with E-state index in [9.17, 15) is 14.4 Å². The van der Waals surface area contributed by atoms with Crippen LogP contribution in [0, 0.1) is 6.92 Å². The van der Waals surface area contributed by atoms with Crippen LogP contribution in [0.1, 0.15) is 55.9 Å². The summed E-state index contributed by atoms with van der Waals surface area (Å²) in [6.07, 6.45) is 3.18. The molecule has 2 amide bonds. The fourth-order valence-corrected chi connectivity index (χ4v) is 3.25. The molecule has 0 radical (unpaired) electrons. The Hall–Kier alpha value is -3.15. The smallest absolute Gasteiger partial charge is 0.335 e. The Bertz CT molecular complexity index is 886. The second-order valence-electron chi connectivity index (χ2n) is 6.78. The Kier molecular flexibility index (Phi) is 5.54. The predicted molar refractivity (Wildman–Crippen MR) is 102 cm³/mol. The molecule has 2 N–H and O–H groups in total. The third kappa shape index (κ3) is 4.53. The number of carboxylic acids is 1. The van der Waals surface area contributed by atoms with Crippen LogP contribution in [0.15, 0.2) is 42.5 Å². The molecule has 0 spiro atoms. The van der Waals surface area contributed by atoms with E-state index < -0.39 is 11.9 Å². The zero-order chi connectivity index (χ0) is 19.4. The van der Waals surface area contributed by atoms with Gasteiger partial charge in [-0.2, -0.15) is 0 Å². The fraction of sp³-hybridized carbons (Fsp3) is 0.286. The average Bonchev–Trinajstić information content (AvgIpc) is 2.67. The van der Waals surface area contributed by atoms with Crippen molar-refractivity contribution in [2.75, 3.05) is 18.4 Å². The van der Waals surface area contributed by atoms with Gasteiger partial charge in [0.25, 0.3) is 11.8 Å². The number of carbonyl (C=O) groups excluding carboxylic acids is 2. The van der Waals surface area contributed by atoms with Crippen LogP contribution in [0.3, 0.4) is 0 Å². The molecule has 1 aliphatic heterocycles. The highest BCUT2D eigenvalue weighted by molar-refractivity contribution is 6.06. The van der Waals surface area contributed by atoms with Gasteiger partial charge in [-0.1, -0.05) is 6.07 Å². The highest BCUT2D eigenvalue weighted by atomic mass is 16.4. The Labute approximate surface area is 157 Å². The number of aromatic carboxylic acids is 1. The van der Waals surface area contributed by atoms with E-state index in [0.717, 1.165) is 32.4 Å². The Morgan fingerprint density at radius 1 is 0.926 bits per heavy atom. The van der Waals surface area contributed by atoms with E-state index in [1.54, 1.807) is 37.3 Å². The predicted octanol–water partition coefficient (Wildman–Crippen LogP) is 3.57. The summed E-state index contributed by atoms with van der Waals surface area (Å²) < 4.78 is 0. The van der Waals surface area contributed by atoms with Crippen molar-refractivity contribution in [2.45, 2.75) is 26.2 Å². The van der Waals surface area contributed by atoms with E-state index in [4.69, 9.17) is 5.11 Å². The van der Waals surface area contributed by atoms with E-state index in [0.29, 0.717) is 16.8 Å². The zero-order valence-electron chi connectivity index (χ0n) is 15.2. The van der Waals surface area contributed by atoms with Crippen molar-refractivity contribution in [2.24, 2.45) is 0 Å². The zero-order valence-corrected chi connectivity index (χ0v) is 15.2. The number of hydrogen-bond acceptors (Lipinski definition) is 3. The van der Waals surface area contributed by atoms with Crippen LogP contribution in [0.2, 0.25) is 0 Å². The number of aryl methyl sites for hydroxylation is 1. The summed E-state index contributed by atoms with van der Waals surface area (Å²) in [5.74, 6) is -1.53. The maximum atomic E-state index is 12.6. The summed E-state index contributed by atoms with van der Waals surface area (Å²) >= 11 is 0. The maximum absolute atomic E-state index is 12.6. The van der Waals surface area contributed by atoms with Crippen molar-refractivity contribution in [1.29, 1.82) is 0 Å². The van der Waals surface area contributed by atoms with Crippen LogP contribution < -0.4 is 5.32 Å². The molecule has 2 aromatic carbocycles. The van der Waals surface area contributed by atoms with E-state index >= 15 is 0 Å². The van der Waals surface area contributed by atoms with Crippen LogP contribution in [0.25, 0.3) is 0 Å². The number of hydrogen-bond donors (Lipinski definition) is 2. The molecule has 3 rings (SSSR count). The average molecular weight is 366 g/mol. The number of carboxylic acid groups (broad SMARTS) is 1. The minimum Gasteiger partial charge on any atom is -0.478 e. The third-order valence-electron chi connectivity index (χ3n) is 4.60. The van der Waals surface area contributed by atoms with E-state index in [1.165, 1.54) is 12.1 Å². The third-order valence-corrected chi connectivity index (χ3v) is 4.60. The molecule has 1 fully saturated rings. The Balaban J connectivity index is 1.77. The minimum atomic E-state index is -1.08. The van der Waals surface area contributed by atoms with Crippen LogP contribution in [0.4, 0.5) is 5.69 Å². The molecule has 0 aromatic heterocycles. The molecule has 2 aromatic rings. The molecule has 1 aliphatic rings. The van der Waals surface area contributed by atoms with Gasteiger partial charge < -0.3 is 15.3 Å². The van der Waals surface area contributed by atoms with Gasteiger partial charge in [0.1, 0.15) is 0 Å². The second-order valence-corrected chi connectivity index (χ2v) is 6.78. The van der Waals surface area contributed by atoms with E-state index in [2.05, 4.69) is 5.32 Å². The normalized spacial score (nSPS) is 13.9. The van der Waals surface area contributed by atoms with Crippen molar-refractivity contribution >= 4 is 23.5 Å². The van der Waals surface area contributed by atoms with Gasteiger partial charge in [0.2, 0.25) is 0 Å². The second kappa shape index (κ2) is 8.03. The number of likely N-dealkylation sites (tertiary alicyclic amines) is 1. The van der Waals surface area contributed by atoms with Gasteiger partial charge in [-0.15, -0.1) is 0 Å². The molecule has 0 atom stereocenters. The molecule has 1 heterocycles. The molecule has 0 saturated carbocycles. The summed E-state index contributed by atoms with van der Waals surface area (Å²) in [5, 5.41) is 11.9. The lowest BCUT2D eigenvalue weighted by atomic mass is 10.1. The van der Waals surface area contributed by atoms with Gasteiger partial charge in [-0.05, 0) is 68.1 Å². The number of nitrogens with one attached hydrogen (secondary N) is 1. The fourth-order valence-electron chi connectivity index (χ4n) is 3.25. The van der Waals surface area contributed by atoms with Crippen LogP contribution >= 0.6 is 0 Å².